The van der Waals surface area contributed by atoms with Crippen LogP contribution < -0.4 is 11.5 Å². The summed E-state index contributed by atoms with van der Waals surface area (Å²) in [6, 6.07) is 6.59. The Morgan fingerprint density at radius 2 is 2.08 bits per heavy atom. The van der Waals surface area contributed by atoms with E-state index in [4.69, 9.17) is 16.2 Å². The molecule has 0 aromatic heterocycles. The lowest BCUT2D eigenvalue weighted by molar-refractivity contribution is -0.131. The first kappa shape index (κ1) is 19.9. The number of ether oxygens (including phenoxy) is 1. The number of hydrogen-bond acceptors (Lipinski definition) is 5. The zero-order valence-electron chi connectivity index (χ0n) is 15.7. The molecule has 0 bridgehead atoms. The Kier molecular flexibility index (Phi) is 6.37. The second-order valence-corrected chi connectivity index (χ2v) is 6.63. The quantitative estimate of drug-likeness (QED) is 0.738. The predicted octanol–water partition coefficient (Wildman–Crippen LogP) is 1.97. The molecule has 0 radical (unpaired) electrons. The Hall–Kier alpha value is -2.41. The highest BCUT2D eigenvalue weighted by Crippen LogP contribution is 2.34. The zero-order valence-corrected chi connectivity index (χ0v) is 15.7. The maximum atomic E-state index is 13.0. The number of carbonyl (C=O) groups is 2. The molecule has 1 aliphatic rings. The van der Waals surface area contributed by atoms with Gasteiger partial charge in [-0.1, -0.05) is 26.0 Å². The minimum absolute atomic E-state index is 0.0632. The number of primary amides is 1. The highest BCUT2D eigenvalue weighted by Gasteiger charge is 2.40. The van der Waals surface area contributed by atoms with E-state index in [2.05, 4.69) is 4.99 Å². The van der Waals surface area contributed by atoms with E-state index in [-0.39, 0.29) is 17.9 Å². The zero-order chi connectivity index (χ0) is 19.3. The van der Waals surface area contributed by atoms with Gasteiger partial charge in [0.15, 0.2) is 5.96 Å². The molecule has 0 saturated carbocycles. The number of nitrogens with zero attached hydrogens (tertiary/aromatic N) is 2. The molecule has 4 N–H and O–H groups in total. The summed E-state index contributed by atoms with van der Waals surface area (Å²) in [5.74, 6) is -0.359. The van der Waals surface area contributed by atoms with Crippen LogP contribution in [0.4, 0.5) is 0 Å². The van der Waals surface area contributed by atoms with Crippen molar-refractivity contribution in [3.8, 4) is 0 Å². The topological polar surface area (TPSA) is 111 Å². The number of methoxy groups -OCH3 is 1. The van der Waals surface area contributed by atoms with Gasteiger partial charge in [0.25, 0.3) is 0 Å². The summed E-state index contributed by atoms with van der Waals surface area (Å²) in [7, 11) is 1.60. The third kappa shape index (κ3) is 4.04. The number of hydrogen-bond donors (Lipinski definition) is 2. The molecular formula is C19H28N4O3. The molecule has 1 atom stereocenters. The van der Waals surface area contributed by atoms with E-state index in [1.54, 1.807) is 25.3 Å². The second kappa shape index (κ2) is 8.31. The maximum absolute atomic E-state index is 13.0. The summed E-state index contributed by atoms with van der Waals surface area (Å²) < 4.78 is 5.21. The van der Waals surface area contributed by atoms with Gasteiger partial charge in [0.2, 0.25) is 11.8 Å². The van der Waals surface area contributed by atoms with Crippen molar-refractivity contribution < 1.29 is 14.3 Å². The van der Waals surface area contributed by atoms with Crippen molar-refractivity contribution >= 4 is 17.8 Å². The number of benzene rings is 1. The number of amides is 2. The van der Waals surface area contributed by atoms with Crippen molar-refractivity contribution in [3.05, 3.63) is 35.4 Å². The fourth-order valence-electron chi connectivity index (χ4n) is 3.40. The predicted molar refractivity (Wildman–Crippen MR) is 101 cm³/mol. The van der Waals surface area contributed by atoms with Crippen molar-refractivity contribution in [2.75, 3.05) is 13.7 Å². The standard InChI is InChI=1S/C19H28N4O3/c1-4-19(5-2)12-16(24)23(18(21)22-19)15(9-10-26-3)13-7-6-8-14(11-13)17(20)25/h6-8,11,15H,4-5,9-10,12H2,1-3H3,(H2,20,25)(H2,21,22)/t15-/m1/s1. The number of nitrogens with two attached hydrogens (primary N) is 2. The van der Waals surface area contributed by atoms with Crippen molar-refractivity contribution in [2.45, 2.75) is 51.1 Å². The molecule has 7 nitrogen and oxygen atoms in total. The van der Waals surface area contributed by atoms with E-state index >= 15 is 0 Å². The average molecular weight is 360 g/mol. The number of carbonyl (C=O) groups excluding carboxylic acids is 2. The third-order valence-corrected chi connectivity index (χ3v) is 5.13. The van der Waals surface area contributed by atoms with E-state index in [0.29, 0.717) is 25.0 Å². The first-order valence-electron chi connectivity index (χ1n) is 8.93. The van der Waals surface area contributed by atoms with Crippen LogP contribution in [-0.4, -0.2) is 41.9 Å². The lowest BCUT2D eigenvalue weighted by Gasteiger charge is -2.40. The Labute approximate surface area is 154 Å². The molecule has 2 amide bonds. The molecule has 1 heterocycles. The summed E-state index contributed by atoms with van der Waals surface area (Å²) in [6.45, 7) is 4.47. The molecule has 142 valence electrons. The van der Waals surface area contributed by atoms with Gasteiger partial charge in [0, 0.05) is 19.3 Å². The first-order chi connectivity index (χ1) is 12.4. The molecule has 0 fully saturated rings. The molecule has 2 rings (SSSR count). The number of aliphatic imine (C=N–C) groups is 1. The SMILES string of the molecule is CCC1(CC)CC(=O)N([C@H](CCOC)c2cccc(C(N)=O)c2)C(N)=N1. The summed E-state index contributed by atoms with van der Waals surface area (Å²) in [6.07, 6.45) is 2.36. The van der Waals surface area contributed by atoms with Crippen LogP contribution in [0.1, 0.15) is 61.5 Å². The molecule has 7 heteroatoms. The number of guanidine groups is 1. The molecule has 26 heavy (non-hydrogen) atoms. The molecule has 1 aromatic rings. The fraction of sp³-hybridized carbons (Fsp3) is 0.526. The van der Waals surface area contributed by atoms with E-state index < -0.39 is 11.4 Å². The van der Waals surface area contributed by atoms with Crippen molar-refractivity contribution in [3.63, 3.8) is 0 Å². The lowest BCUT2D eigenvalue weighted by Crippen LogP contribution is -2.52. The van der Waals surface area contributed by atoms with Gasteiger partial charge in [-0.2, -0.15) is 0 Å². The first-order valence-corrected chi connectivity index (χ1v) is 8.93. The fourth-order valence-corrected chi connectivity index (χ4v) is 3.40. The van der Waals surface area contributed by atoms with E-state index in [9.17, 15) is 9.59 Å². The molecule has 1 aromatic carbocycles. The molecule has 0 saturated heterocycles. The third-order valence-electron chi connectivity index (χ3n) is 5.13. The van der Waals surface area contributed by atoms with Gasteiger partial charge in [-0.25, -0.2) is 4.99 Å². The largest absolute Gasteiger partial charge is 0.385 e. The van der Waals surface area contributed by atoms with Crippen LogP contribution in [0.2, 0.25) is 0 Å². The van der Waals surface area contributed by atoms with E-state index in [0.717, 1.165) is 18.4 Å². The van der Waals surface area contributed by atoms with Gasteiger partial charge in [0.05, 0.1) is 18.0 Å². The van der Waals surface area contributed by atoms with Gasteiger partial charge >= 0.3 is 0 Å². The lowest BCUT2D eigenvalue weighted by atomic mass is 9.87. The van der Waals surface area contributed by atoms with E-state index in [1.165, 1.54) is 4.90 Å². The summed E-state index contributed by atoms with van der Waals surface area (Å²) in [5, 5.41) is 0. The Balaban J connectivity index is 2.45. The van der Waals surface area contributed by atoms with Crippen LogP contribution in [0.25, 0.3) is 0 Å². The van der Waals surface area contributed by atoms with Crippen LogP contribution in [0.5, 0.6) is 0 Å². The summed E-state index contributed by atoms with van der Waals surface area (Å²) in [4.78, 5) is 30.7. The van der Waals surface area contributed by atoms with Crippen LogP contribution in [0, 0.1) is 0 Å². The maximum Gasteiger partial charge on any atom is 0.248 e. The van der Waals surface area contributed by atoms with Crippen molar-refractivity contribution in [2.24, 2.45) is 16.5 Å². The minimum Gasteiger partial charge on any atom is -0.385 e. The molecular weight excluding hydrogens is 332 g/mol. The van der Waals surface area contributed by atoms with E-state index in [1.807, 2.05) is 19.9 Å². The van der Waals surface area contributed by atoms with Gasteiger partial charge in [0.1, 0.15) is 0 Å². The van der Waals surface area contributed by atoms with Crippen LogP contribution in [-0.2, 0) is 9.53 Å². The summed E-state index contributed by atoms with van der Waals surface area (Å²) in [5.41, 5.74) is 12.4. The van der Waals surface area contributed by atoms with Crippen LogP contribution in [0.15, 0.2) is 29.3 Å². The Morgan fingerprint density at radius 3 is 2.62 bits per heavy atom. The van der Waals surface area contributed by atoms with Gasteiger partial charge in [-0.3, -0.25) is 14.5 Å². The minimum atomic E-state index is -0.514. The molecule has 0 aliphatic carbocycles. The van der Waals surface area contributed by atoms with Crippen molar-refractivity contribution in [1.29, 1.82) is 0 Å². The monoisotopic (exact) mass is 360 g/mol. The van der Waals surface area contributed by atoms with Gasteiger partial charge < -0.3 is 16.2 Å². The molecule has 1 aliphatic heterocycles. The smallest absolute Gasteiger partial charge is 0.248 e. The Bertz CT molecular complexity index is 698. The molecule has 0 unspecified atom stereocenters. The van der Waals surface area contributed by atoms with Crippen molar-refractivity contribution in [1.82, 2.24) is 4.90 Å². The highest BCUT2D eigenvalue weighted by atomic mass is 16.5. The van der Waals surface area contributed by atoms with Gasteiger partial charge in [-0.15, -0.1) is 0 Å². The van der Waals surface area contributed by atoms with Crippen LogP contribution in [0.3, 0.4) is 0 Å². The normalized spacial score (nSPS) is 17.7. The van der Waals surface area contributed by atoms with Crippen LogP contribution >= 0.6 is 0 Å². The van der Waals surface area contributed by atoms with Gasteiger partial charge in [-0.05, 0) is 37.0 Å². The summed E-state index contributed by atoms with van der Waals surface area (Å²) >= 11 is 0. The highest BCUT2D eigenvalue weighted by molar-refractivity contribution is 5.99. The second-order valence-electron chi connectivity index (χ2n) is 6.63. The Morgan fingerprint density at radius 1 is 1.38 bits per heavy atom. The molecule has 0 spiro atoms. The average Bonchev–Trinajstić information content (AvgIpc) is 2.63. The number of rotatable bonds is 8.